The normalized spacial score (nSPS) is 13.3. The molecule has 0 bridgehead atoms. The van der Waals surface area contributed by atoms with Crippen molar-refractivity contribution in [2.75, 3.05) is 0 Å². The third-order valence-electron chi connectivity index (χ3n) is 10.8. The van der Waals surface area contributed by atoms with E-state index in [4.69, 9.17) is 0 Å². The Morgan fingerprint density at radius 1 is 0.480 bits per heavy atom. The first-order chi connectivity index (χ1) is 24.5. The second-order valence-electron chi connectivity index (χ2n) is 14.1. The average Bonchev–Trinajstić information content (AvgIpc) is 3.16. The molecular weight excluding hydrogens is 601 g/mol. The van der Waals surface area contributed by atoms with Crippen LogP contribution in [0.25, 0.3) is 77.0 Å². The molecule has 238 valence electrons. The lowest BCUT2D eigenvalue weighted by Crippen LogP contribution is -2.19. The minimum absolute atomic E-state index is 0.147. The molecular formula is C50H38. The third kappa shape index (κ3) is 4.99. The van der Waals surface area contributed by atoms with E-state index in [1.165, 1.54) is 93.2 Å². The summed E-state index contributed by atoms with van der Waals surface area (Å²) in [6, 6.07) is 56.0. The van der Waals surface area contributed by atoms with Gasteiger partial charge in [-0.05, 0) is 130 Å². The van der Waals surface area contributed by atoms with E-state index in [1.54, 1.807) is 0 Å². The predicted molar refractivity (Wildman–Crippen MR) is 218 cm³/mol. The van der Waals surface area contributed by atoms with Crippen LogP contribution >= 0.6 is 0 Å². The minimum atomic E-state index is -0.147. The number of hydrogen-bond donors (Lipinski definition) is 0. The topological polar surface area (TPSA) is 0 Å². The molecule has 0 saturated carbocycles. The first-order valence-corrected chi connectivity index (χ1v) is 17.6. The molecule has 0 aromatic heterocycles. The van der Waals surface area contributed by atoms with Crippen LogP contribution in [-0.4, -0.2) is 0 Å². The first kappa shape index (κ1) is 30.1. The van der Waals surface area contributed by atoms with E-state index in [2.05, 4.69) is 197 Å². The van der Waals surface area contributed by atoms with Gasteiger partial charge in [0.2, 0.25) is 0 Å². The monoisotopic (exact) mass is 638 g/mol. The largest absolute Gasteiger partial charge is 0.0874 e. The Morgan fingerprint density at radius 3 is 1.80 bits per heavy atom. The lowest BCUT2D eigenvalue weighted by Gasteiger charge is -2.30. The van der Waals surface area contributed by atoms with Gasteiger partial charge in [0.25, 0.3) is 0 Å². The third-order valence-corrected chi connectivity index (χ3v) is 10.8. The molecule has 0 saturated heterocycles. The number of fused-ring (bicyclic) bond motifs is 7. The van der Waals surface area contributed by atoms with Gasteiger partial charge >= 0.3 is 0 Å². The molecule has 0 unspecified atom stereocenters. The standard InChI is InChI=1S/C50H38/c1-4-12-42(50(2,3)41-15-6-5-7-16-41)28-40-32-49-47(38-25-26-45-37(27-38)24-22-33-13-8-10-17-43(33)45)30-39(31-48(40)49)36-23-21-35-20-19-34-14-9-11-18-44(34)46(35)29-36/h4-32H,1-3H3/b12-4-,42-28+. The molecule has 0 radical (unpaired) electrons. The Labute approximate surface area is 294 Å². The van der Waals surface area contributed by atoms with Crippen LogP contribution in [0.4, 0.5) is 0 Å². The van der Waals surface area contributed by atoms with Gasteiger partial charge in [-0.1, -0.05) is 159 Å². The van der Waals surface area contributed by atoms with Gasteiger partial charge in [0.05, 0.1) is 0 Å². The van der Waals surface area contributed by atoms with E-state index >= 15 is 0 Å². The Balaban J connectivity index is 1.23. The van der Waals surface area contributed by atoms with E-state index < -0.39 is 0 Å². The van der Waals surface area contributed by atoms with Crippen molar-refractivity contribution in [3.05, 3.63) is 192 Å². The second kappa shape index (κ2) is 11.9. The maximum Gasteiger partial charge on any atom is 0.0146 e. The van der Waals surface area contributed by atoms with Crippen LogP contribution < -0.4 is 0 Å². The van der Waals surface area contributed by atoms with Crippen molar-refractivity contribution in [1.82, 2.24) is 0 Å². The van der Waals surface area contributed by atoms with Crippen LogP contribution in [-0.2, 0) is 5.41 Å². The van der Waals surface area contributed by atoms with Gasteiger partial charge in [-0.2, -0.15) is 0 Å². The number of rotatable bonds is 6. The summed E-state index contributed by atoms with van der Waals surface area (Å²) in [6.07, 6.45) is 9.23. The molecule has 0 heterocycles. The van der Waals surface area contributed by atoms with Gasteiger partial charge in [0.1, 0.15) is 0 Å². The van der Waals surface area contributed by atoms with Crippen molar-refractivity contribution in [1.29, 1.82) is 0 Å². The van der Waals surface area contributed by atoms with Crippen molar-refractivity contribution < 1.29 is 0 Å². The van der Waals surface area contributed by atoms with Gasteiger partial charge in [0.15, 0.2) is 0 Å². The molecule has 0 nitrogen and oxygen atoms in total. The summed E-state index contributed by atoms with van der Waals surface area (Å²) < 4.78 is 0. The van der Waals surface area contributed by atoms with Crippen molar-refractivity contribution in [3.63, 3.8) is 0 Å². The van der Waals surface area contributed by atoms with E-state index in [0.717, 1.165) is 0 Å². The zero-order chi connectivity index (χ0) is 33.8. The van der Waals surface area contributed by atoms with E-state index in [9.17, 15) is 0 Å². The summed E-state index contributed by atoms with van der Waals surface area (Å²) >= 11 is 0. The van der Waals surface area contributed by atoms with Gasteiger partial charge in [-0.25, -0.2) is 0 Å². The smallest absolute Gasteiger partial charge is 0.0146 e. The summed E-state index contributed by atoms with van der Waals surface area (Å²) in [6.45, 7) is 6.77. The summed E-state index contributed by atoms with van der Waals surface area (Å²) in [5.74, 6) is 0. The van der Waals surface area contributed by atoms with Crippen molar-refractivity contribution in [2.24, 2.45) is 0 Å². The fourth-order valence-corrected chi connectivity index (χ4v) is 7.90. The highest BCUT2D eigenvalue weighted by molar-refractivity contribution is 6.12. The molecule has 9 rings (SSSR count). The molecule has 8 aromatic rings. The Bertz CT molecular complexity index is 2710. The van der Waals surface area contributed by atoms with Crippen LogP contribution in [0.2, 0.25) is 0 Å². The highest BCUT2D eigenvalue weighted by atomic mass is 14.3. The lowest BCUT2D eigenvalue weighted by atomic mass is 9.74. The summed E-state index contributed by atoms with van der Waals surface area (Å²) in [5, 5.41) is 10.2. The molecule has 0 amide bonds. The van der Waals surface area contributed by atoms with Gasteiger partial charge in [-0.15, -0.1) is 0 Å². The Hall–Kier alpha value is -5.98. The number of allylic oxidation sites excluding steroid dienone is 5. The maximum absolute atomic E-state index is 2.41. The van der Waals surface area contributed by atoms with Crippen LogP contribution in [0.3, 0.4) is 0 Å². The molecule has 0 aliphatic heterocycles. The summed E-state index contributed by atoms with van der Waals surface area (Å²) in [7, 11) is 0. The van der Waals surface area contributed by atoms with Gasteiger partial charge in [0, 0.05) is 5.41 Å². The molecule has 1 aliphatic rings. The second-order valence-corrected chi connectivity index (χ2v) is 14.1. The lowest BCUT2D eigenvalue weighted by molar-refractivity contribution is 0.639. The molecule has 0 spiro atoms. The number of benzene rings is 8. The maximum atomic E-state index is 2.41. The SMILES string of the molecule is C/C=C\C(=C/C1=Cc2c1cc(-c1ccc3ccc4ccccc4c3c1)cc2-c1ccc2c(ccc3ccccc32)c1)C(C)(C)c1ccccc1. The summed E-state index contributed by atoms with van der Waals surface area (Å²) in [5.41, 5.74) is 11.3. The van der Waals surface area contributed by atoms with E-state index in [1.807, 2.05) is 0 Å². The van der Waals surface area contributed by atoms with Crippen LogP contribution in [0, 0.1) is 0 Å². The van der Waals surface area contributed by atoms with Crippen molar-refractivity contribution in [3.8, 4) is 22.3 Å². The molecule has 0 atom stereocenters. The van der Waals surface area contributed by atoms with Gasteiger partial charge in [-0.3, -0.25) is 0 Å². The van der Waals surface area contributed by atoms with E-state index in [0.29, 0.717) is 0 Å². The zero-order valence-electron chi connectivity index (χ0n) is 28.7. The Morgan fingerprint density at radius 2 is 1.06 bits per heavy atom. The fourth-order valence-electron chi connectivity index (χ4n) is 7.90. The van der Waals surface area contributed by atoms with Crippen LogP contribution in [0.1, 0.15) is 37.5 Å². The quantitative estimate of drug-likeness (QED) is 0.126. The molecule has 0 fully saturated rings. The van der Waals surface area contributed by atoms with Crippen molar-refractivity contribution in [2.45, 2.75) is 26.2 Å². The number of hydrogen-bond acceptors (Lipinski definition) is 0. The van der Waals surface area contributed by atoms with Crippen LogP contribution in [0.15, 0.2) is 175 Å². The molecule has 1 aliphatic carbocycles. The highest BCUT2D eigenvalue weighted by Gasteiger charge is 2.27. The zero-order valence-corrected chi connectivity index (χ0v) is 28.7. The Kier molecular flexibility index (Phi) is 7.14. The van der Waals surface area contributed by atoms with E-state index in [-0.39, 0.29) is 5.41 Å². The molecule has 0 N–H and O–H groups in total. The predicted octanol–water partition coefficient (Wildman–Crippen LogP) is 14.0. The first-order valence-electron chi connectivity index (χ1n) is 17.6. The molecule has 8 aromatic carbocycles. The van der Waals surface area contributed by atoms with Crippen molar-refractivity contribution >= 4 is 54.7 Å². The molecule has 0 heteroatoms. The average molecular weight is 639 g/mol. The summed E-state index contributed by atoms with van der Waals surface area (Å²) in [4.78, 5) is 0. The fraction of sp³-hybridized carbons (Fsp3) is 0.0800. The van der Waals surface area contributed by atoms with Crippen LogP contribution in [0.5, 0.6) is 0 Å². The highest BCUT2D eigenvalue weighted by Crippen LogP contribution is 2.46. The molecule has 50 heavy (non-hydrogen) atoms. The van der Waals surface area contributed by atoms with Gasteiger partial charge < -0.3 is 0 Å². The minimum Gasteiger partial charge on any atom is -0.0874 e.